The normalized spacial score (nSPS) is 13.6. The number of hydrogen-bond donors (Lipinski definition) is 2. The van der Waals surface area contributed by atoms with Crippen LogP contribution in [0.15, 0.2) is 23.1 Å². The Morgan fingerprint density at radius 1 is 1.32 bits per heavy atom. The number of anilines is 1. The molecule has 1 aliphatic heterocycles. The van der Waals surface area contributed by atoms with E-state index in [0.29, 0.717) is 26.1 Å². The zero-order valence-electron chi connectivity index (χ0n) is 12.8. The molecule has 8 heteroatoms. The van der Waals surface area contributed by atoms with Crippen LogP contribution in [0.25, 0.3) is 0 Å². The van der Waals surface area contributed by atoms with Crippen molar-refractivity contribution in [1.29, 1.82) is 0 Å². The highest BCUT2D eigenvalue weighted by atomic mass is 35.5. The first kappa shape index (κ1) is 18.9. The van der Waals surface area contributed by atoms with Crippen molar-refractivity contribution in [2.45, 2.75) is 25.2 Å². The molecule has 0 saturated heterocycles. The molecule has 124 valence electrons. The lowest BCUT2D eigenvalue weighted by Gasteiger charge is -2.15. The second-order valence-electron chi connectivity index (χ2n) is 4.96. The molecule has 0 spiro atoms. The standard InChI is InChI=1S/C14H21N3O3S.ClH/c1-3-15-7-8-16-21(19,20)13-4-5-14-12(10-13)6-9-17(14)11(2)18;/h4-5,10,15-16H,3,6-9H2,1-2H3;1H. The number of rotatable bonds is 6. The molecular weight excluding hydrogens is 326 g/mol. The van der Waals surface area contributed by atoms with Gasteiger partial charge in [-0.1, -0.05) is 6.92 Å². The number of benzene rings is 1. The van der Waals surface area contributed by atoms with Crippen molar-refractivity contribution >= 4 is 34.0 Å². The van der Waals surface area contributed by atoms with E-state index in [9.17, 15) is 13.2 Å². The van der Waals surface area contributed by atoms with Gasteiger partial charge in [-0.05, 0) is 36.7 Å². The van der Waals surface area contributed by atoms with Crippen LogP contribution in [0.5, 0.6) is 0 Å². The van der Waals surface area contributed by atoms with Crippen LogP contribution < -0.4 is 14.9 Å². The number of carbonyl (C=O) groups is 1. The van der Waals surface area contributed by atoms with E-state index in [4.69, 9.17) is 0 Å². The summed E-state index contributed by atoms with van der Waals surface area (Å²) in [6.07, 6.45) is 0.690. The fourth-order valence-corrected chi connectivity index (χ4v) is 3.49. The molecule has 0 bridgehead atoms. The van der Waals surface area contributed by atoms with Gasteiger partial charge in [-0.15, -0.1) is 12.4 Å². The third kappa shape index (κ3) is 4.19. The van der Waals surface area contributed by atoms with E-state index in [2.05, 4.69) is 10.0 Å². The quantitative estimate of drug-likeness (QED) is 0.750. The third-order valence-electron chi connectivity index (χ3n) is 3.48. The number of likely N-dealkylation sites (N-methyl/N-ethyl adjacent to an activating group) is 1. The summed E-state index contributed by atoms with van der Waals surface area (Å²) in [6, 6.07) is 4.92. The first-order valence-corrected chi connectivity index (χ1v) is 8.55. The van der Waals surface area contributed by atoms with E-state index in [1.165, 1.54) is 6.92 Å². The Morgan fingerprint density at radius 2 is 2.05 bits per heavy atom. The Hall–Kier alpha value is -1.15. The minimum Gasteiger partial charge on any atom is -0.316 e. The number of amides is 1. The molecule has 1 amide bonds. The maximum absolute atomic E-state index is 12.2. The van der Waals surface area contributed by atoms with Gasteiger partial charge in [0, 0.05) is 32.2 Å². The summed E-state index contributed by atoms with van der Waals surface area (Å²) in [6.45, 7) is 5.85. The molecule has 0 aliphatic carbocycles. The number of nitrogens with one attached hydrogen (secondary N) is 2. The Morgan fingerprint density at radius 3 is 2.68 bits per heavy atom. The Kier molecular flexibility index (Phi) is 6.80. The zero-order chi connectivity index (χ0) is 15.5. The maximum atomic E-state index is 12.2. The highest BCUT2D eigenvalue weighted by molar-refractivity contribution is 7.89. The lowest BCUT2D eigenvalue weighted by molar-refractivity contribution is -0.116. The van der Waals surface area contributed by atoms with Crippen molar-refractivity contribution in [3.05, 3.63) is 23.8 Å². The lowest BCUT2D eigenvalue weighted by Crippen LogP contribution is -2.31. The van der Waals surface area contributed by atoms with E-state index >= 15 is 0 Å². The Balaban J connectivity index is 0.00000242. The molecule has 1 aromatic carbocycles. The van der Waals surface area contributed by atoms with Crippen LogP contribution in [0.3, 0.4) is 0 Å². The molecule has 0 atom stereocenters. The molecule has 1 aromatic rings. The molecule has 0 radical (unpaired) electrons. The number of halogens is 1. The van der Waals surface area contributed by atoms with Crippen molar-refractivity contribution in [2.24, 2.45) is 0 Å². The van der Waals surface area contributed by atoms with Crippen LogP contribution in [0, 0.1) is 0 Å². The predicted molar refractivity (Wildman–Crippen MR) is 89.2 cm³/mol. The van der Waals surface area contributed by atoms with Crippen LogP contribution in [-0.2, 0) is 21.2 Å². The van der Waals surface area contributed by atoms with Crippen LogP contribution >= 0.6 is 12.4 Å². The number of fused-ring (bicyclic) bond motifs is 1. The van der Waals surface area contributed by atoms with Crippen molar-refractivity contribution in [2.75, 3.05) is 31.1 Å². The minimum absolute atomic E-state index is 0. The summed E-state index contributed by atoms with van der Waals surface area (Å²) in [5.41, 5.74) is 1.72. The summed E-state index contributed by atoms with van der Waals surface area (Å²) in [7, 11) is -3.49. The second kappa shape index (κ2) is 7.92. The van der Waals surface area contributed by atoms with Gasteiger partial charge in [-0.2, -0.15) is 0 Å². The molecule has 0 saturated carbocycles. The molecular formula is C14H22ClN3O3S. The predicted octanol–water partition coefficient (Wildman–Crippen LogP) is 0.905. The summed E-state index contributed by atoms with van der Waals surface area (Å²) in [5.74, 6) is -0.0203. The largest absolute Gasteiger partial charge is 0.316 e. The first-order chi connectivity index (χ1) is 9.95. The molecule has 0 aromatic heterocycles. The van der Waals surface area contributed by atoms with Gasteiger partial charge in [0.25, 0.3) is 0 Å². The summed E-state index contributed by atoms with van der Waals surface area (Å²) in [4.78, 5) is 13.4. The van der Waals surface area contributed by atoms with E-state index in [0.717, 1.165) is 17.8 Å². The average Bonchev–Trinajstić information content (AvgIpc) is 2.86. The highest BCUT2D eigenvalue weighted by Gasteiger charge is 2.24. The van der Waals surface area contributed by atoms with Gasteiger partial charge in [-0.25, -0.2) is 13.1 Å². The first-order valence-electron chi connectivity index (χ1n) is 7.07. The van der Waals surface area contributed by atoms with Gasteiger partial charge in [0.15, 0.2) is 0 Å². The molecule has 0 fully saturated rings. The lowest BCUT2D eigenvalue weighted by atomic mass is 10.2. The summed E-state index contributed by atoms with van der Waals surface area (Å²) >= 11 is 0. The molecule has 6 nitrogen and oxygen atoms in total. The molecule has 2 rings (SSSR count). The van der Waals surface area contributed by atoms with Crippen LogP contribution in [-0.4, -0.2) is 40.5 Å². The smallest absolute Gasteiger partial charge is 0.240 e. The topological polar surface area (TPSA) is 78.5 Å². The zero-order valence-corrected chi connectivity index (χ0v) is 14.4. The van der Waals surface area contributed by atoms with Crippen LogP contribution in [0.4, 0.5) is 5.69 Å². The fourth-order valence-electron chi connectivity index (χ4n) is 2.41. The maximum Gasteiger partial charge on any atom is 0.240 e. The summed E-state index contributed by atoms with van der Waals surface area (Å²) < 4.78 is 26.9. The van der Waals surface area contributed by atoms with Crippen molar-refractivity contribution in [3.63, 3.8) is 0 Å². The van der Waals surface area contributed by atoms with Crippen molar-refractivity contribution < 1.29 is 13.2 Å². The van der Waals surface area contributed by atoms with Crippen LogP contribution in [0.2, 0.25) is 0 Å². The molecule has 2 N–H and O–H groups in total. The average molecular weight is 348 g/mol. The van der Waals surface area contributed by atoms with Crippen molar-refractivity contribution in [3.8, 4) is 0 Å². The Labute approximate surface area is 137 Å². The minimum atomic E-state index is -3.49. The molecule has 22 heavy (non-hydrogen) atoms. The number of hydrogen-bond acceptors (Lipinski definition) is 4. The highest BCUT2D eigenvalue weighted by Crippen LogP contribution is 2.30. The number of nitrogens with zero attached hydrogens (tertiary/aromatic N) is 1. The van der Waals surface area contributed by atoms with E-state index in [-0.39, 0.29) is 23.2 Å². The molecule has 1 aliphatic rings. The van der Waals surface area contributed by atoms with E-state index in [1.54, 1.807) is 23.1 Å². The number of carbonyl (C=O) groups excluding carboxylic acids is 1. The Bertz CT molecular complexity index is 634. The monoisotopic (exact) mass is 347 g/mol. The molecule has 1 heterocycles. The van der Waals surface area contributed by atoms with Gasteiger partial charge in [0.1, 0.15) is 0 Å². The SMILES string of the molecule is CCNCCNS(=O)(=O)c1ccc2c(c1)CCN2C(C)=O.Cl. The number of sulfonamides is 1. The van der Waals surface area contributed by atoms with Crippen molar-refractivity contribution in [1.82, 2.24) is 10.0 Å². The van der Waals surface area contributed by atoms with Gasteiger partial charge >= 0.3 is 0 Å². The molecule has 0 unspecified atom stereocenters. The van der Waals surface area contributed by atoms with Gasteiger partial charge < -0.3 is 10.2 Å². The third-order valence-corrected chi connectivity index (χ3v) is 4.94. The van der Waals surface area contributed by atoms with E-state index in [1.807, 2.05) is 6.92 Å². The van der Waals surface area contributed by atoms with Gasteiger partial charge in [0.05, 0.1) is 4.90 Å². The van der Waals surface area contributed by atoms with Gasteiger partial charge in [-0.3, -0.25) is 4.79 Å². The second-order valence-corrected chi connectivity index (χ2v) is 6.73. The fraction of sp³-hybridized carbons (Fsp3) is 0.500. The van der Waals surface area contributed by atoms with Crippen LogP contribution in [0.1, 0.15) is 19.4 Å². The van der Waals surface area contributed by atoms with Gasteiger partial charge in [0.2, 0.25) is 15.9 Å². The van der Waals surface area contributed by atoms with E-state index < -0.39 is 10.0 Å². The summed E-state index contributed by atoms with van der Waals surface area (Å²) in [5, 5.41) is 3.06.